The highest BCUT2D eigenvalue weighted by Gasteiger charge is 2.11. The van der Waals surface area contributed by atoms with Crippen molar-refractivity contribution in [2.24, 2.45) is 0 Å². The van der Waals surface area contributed by atoms with Crippen LogP contribution in [0.1, 0.15) is 28.4 Å². The smallest absolute Gasteiger partial charge is 0.0830 e. The first-order valence-electron chi connectivity index (χ1n) is 5.96. The second-order valence-electron chi connectivity index (χ2n) is 4.50. The van der Waals surface area contributed by atoms with Crippen molar-refractivity contribution < 1.29 is 5.11 Å². The molecule has 0 radical (unpaired) electrons. The standard InChI is InChI=1S/C16H18O/c1-12-7-6-8-13(2)15(12)11-16(17)14-9-4-3-5-10-14/h3-10,16-17H,11H2,1-2H3. The van der Waals surface area contributed by atoms with E-state index in [9.17, 15) is 5.11 Å². The number of aryl methyl sites for hydroxylation is 2. The molecule has 88 valence electrons. The van der Waals surface area contributed by atoms with Gasteiger partial charge < -0.3 is 5.11 Å². The fourth-order valence-electron chi connectivity index (χ4n) is 2.16. The average molecular weight is 226 g/mol. The van der Waals surface area contributed by atoms with Crippen LogP contribution in [0.15, 0.2) is 48.5 Å². The molecule has 0 fully saturated rings. The summed E-state index contributed by atoms with van der Waals surface area (Å²) in [6, 6.07) is 16.1. The van der Waals surface area contributed by atoms with Crippen LogP contribution in [0.3, 0.4) is 0 Å². The van der Waals surface area contributed by atoms with Crippen LogP contribution in [0.2, 0.25) is 0 Å². The summed E-state index contributed by atoms with van der Waals surface area (Å²) in [7, 11) is 0. The molecule has 0 saturated heterocycles. The zero-order valence-electron chi connectivity index (χ0n) is 10.4. The zero-order chi connectivity index (χ0) is 12.3. The van der Waals surface area contributed by atoms with E-state index >= 15 is 0 Å². The second-order valence-corrected chi connectivity index (χ2v) is 4.50. The highest BCUT2D eigenvalue weighted by Crippen LogP contribution is 2.22. The Bertz CT molecular complexity index is 468. The van der Waals surface area contributed by atoms with E-state index in [2.05, 4.69) is 32.0 Å². The molecule has 1 heteroatoms. The van der Waals surface area contributed by atoms with Gasteiger partial charge in [0.15, 0.2) is 0 Å². The molecule has 0 heterocycles. The lowest BCUT2D eigenvalue weighted by molar-refractivity contribution is 0.178. The van der Waals surface area contributed by atoms with Crippen LogP contribution in [-0.4, -0.2) is 5.11 Å². The number of aliphatic hydroxyl groups excluding tert-OH is 1. The highest BCUT2D eigenvalue weighted by atomic mass is 16.3. The van der Waals surface area contributed by atoms with Gasteiger partial charge in [-0.25, -0.2) is 0 Å². The number of hydrogen-bond donors (Lipinski definition) is 1. The lowest BCUT2D eigenvalue weighted by atomic mass is 9.95. The average Bonchev–Trinajstić information content (AvgIpc) is 2.35. The number of rotatable bonds is 3. The van der Waals surface area contributed by atoms with E-state index in [4.69, 9.17) is 0 Å². The molecule has 0 aromatic heterocycles. The maximum Gasteiger partial charge on any atom is 0.0830 e. The van der Waals surface area contributed by atoms with Gasteiger partial charge in [0, 0.05) is 6.42 Å². The van der Waals surface area contributed by atoms with E-state index in [0.717, 1.165) is 5.56 Å². The lowest BCUT2D eigenvalue weighted by Crippen LogP contribution is -2.04. The summed E-state index contributed by atoms with van der Waals surface area (Å²) in [6.07, 6.45) is 0.263. The summed E-state index contributed by atoms with van der Waals surface area (Å²) in [5, 5.41) is 10.2. The molecule has 0 aliphatic heterocycles. The van der Waals surface area contributed by atoms with E-state index in [1.54, 1.807) is 0 Å². The Balaban J connectivity index is 2.22. The summed E-state index contributed by atoms with van der Waals surface area (Å²) < 4.78 is 0. The first-order chi connectivity index (χ1) is 8.18. The lowest BCUT2D eigenvalue weighted by Gasteiger charge is -2.15. The van der Waals surface area contributed by atoms with Gasteiger partial charge in [-0.1, -0.05) is 48.5 Å². The third-order valence-corrected chi connectivity index (χ3v) is 3.23. The molecule has 1 N–H and O–H groups in total. The van der Waals surface area contributed by atoms with Gasteiger partial charge in [-0.05, 0) is 36.1 Å². The van der Waals surface area contributed by atoms with Gasteiger partial charge >= 0.3 is 0 Å². The van der Waals surface area contributed by atoms with Crippen molar-refractivity contribution >= 4 is 0 Å². The summed E-state index contributed by atoms with van der Waals surface area (Å²) in [5.41, 5.74) is 4.74. The molecule has 0 amide bonds. The predicted molar refractivity (Wildman–Crippen MR) is 71.0 cm³/mol. The van der Waals surface area contributed by atoms with Crippen molar-refractivity contribution in [1.29, 1.82) is 0 Å². The Morgan fingerprint density at radius 3 is 2.06 bits per heavy atom. The fourth-order valence-corrected chi connectivity index (χ4v) is 2.16. The number of hydrogen-bond acceptors (Lipinski definition) is 1. The number of benzene rings is 2. The Morgan fingerprint density at radius 2 is 1.47 bits per heavy atom. The van der Waals surface area contributed by atoms with Gasteiger partial charge in [0.25, 0.3) is 0 Å². The number of aliphatic hydroxyl groups is 1. The summed E-state index contributed by atoms with van der Waals surface area (Å²) in [4.78, 5) is 0. The van der Waals surface area contributed by atoms with Crippen LogP contribution >= 0.6 is 0 Å². The van der Waals surface area contributed by atoms with Gasteiger partial charge in [0.05, 0.1) is 6.10 Å². The summed E-state index contributed by atoms with van der Waals surface area (Å²) >= 11 is 0. The monoisotopic (exact) mass is 226 g/mol. The topological polar surface area (TPSA) is 20.2 Å². The molecule has 1 nitrogen and oxygen atoms in total. The molecule has 2 aromatic rings. The Hall–Kier alpha value is -1.60. The molecule has 0 spiro atoms. The maximum absolute atomic E-state index is 10.2. The quantitative estimate of drug-likeness (QED) is 0.848. The molecule has 0 saturated carbocycles. The first-order valence-corrected chi connectivity index (χ1v) is 5.96. The van der Waals surface area contributed by atoms with E-state index in [1.807, 2.05) is 30.3 Å². The van der Waals surface area contributed by atoms with E-state index in [1.165, 1.54) is 16.7 Å². The van der Waals surface area contributed by atoms with Crippen molar-refractivity contribution in [2.75, 3.05) is 0 Å². The zero-order valence-corrected chi connectivity index (χ0v) is 10.4. The van der Waals surface area contributed by atoms with Crippen LogP contribution in [0.5, 0.6) is 0 Å². The van der Waals surface area contributed by atoms with Crippen molar-refractivity contribution in [3.63, 3.8) is 0 Å². The largest absolute Gasteiger partial charge is 0.388 e. The van der Waals surface area contributed by atoms with Crippen LogP contribution < -0.4 is 0 Å². The third kappa shape index (κ3) is 2.75. The molecule has 1 atom stereocenters. The van der Waals surface area contributed by atoms with Gasteiger partial charge in [-0.15, -0.1) is 0 Å². The van der Waals surface area contributed by atoms with Crippen molar-refractivity contribution in [1.82, 2.24) is 0 Å². The summed E-state index contributed by atoms with van der Waals surface area (Å²) in [5.74, 6) is 0. The van der Waals surface area contributed by atoms with E-state index < -0.39 is 6.10 Å². The normalized spacial score (nSPS) is 12.4. The Morgan fingerprint density at radius 1 is 0.882 bits per heavy atom. The van der Waals surface area contributed by atoms with Gasteiger partial charge in [-0.2, -0.15) is 0 Å². The minimum absolute atomic E-state index is 0.420. The molecule has 17 heavy (non-hydrogen) atoms. The highest BCUT2D eigenvalue weighted by molar-refractivity contribution is 5.35. The first kappa shape index (κ1) is 11.9. The maximum atomic E-state index is 10.2. The molecular formula is C16H18O. The fraction of sp³-hybridized carbons (Fsp3) is 0.250. The summed E-state index contributed by atoms with van der Waals surface area (Å²) in [6.45, 7) is 4.19. The van der Waals surface area contributed by atoms with Gasteiger partial charge in [0.2, 0.25) is 0 Å². The van der Waals surface area contributed by atoms with Crippen LogP contribution in [0.4, 0.5) is 0 Å². The molecule has 0 aliphatic rings. The van der Waals surface area contributed by atoms with Crippen LogP contribution in [-0.2, 0) is 6.42 Å². The second kappa shape index (κ2) is 5.15. The van der Waals surface area contributed by atoms with Gasteiger partial charge in [0.1, 0.15) is 0 Å². The van der Waals surface area contributed by atoms with Gasteiger partial charge in [-0.3, -0.25) is 0 Å². The third-order valence-electron chi connectivity index (χ3n) is 3.23. The SMILES string of the molecule is Cc1cccc(C)c1CC(O)c1ccccc1. The molecule has 1 unspecified atom stereocenters. The molecule has 2 rings (SSSR count). The Labute approximate surface area is 103 Å². The molecular weight excluding hydrogens is 208 g/mol. The molecule has 0 bridgehead atoms. The minimum Gasteiger partial charge on any atom is -0.388 e. The van der Waals surface area contributed by atoms with Crippen molar-refractivity contribution in [3.8, 4) is 0 Å². The van der Waals surface area contributed by atoms with Crippen LogP contribution in [0, 0.1) is 13.8 Å². The molecule has 0 aliphatic carbocycles. The van der Waals surface area contributed by atoms with E-state index in [-0.39, 0.29) is 0 Å². The van der Waals surface area contributed by atoms with Crippen molar-refractivity contribution in [3.05, 3.63) is 70.8 Å². The minimum atomic E-state index is -0.420. The van der Waals surface area contributed by atoms with Crippen LogP contribution in [0.25, 0.3) is 0 Å². The predicted octanol–water partition coefficient (Wildman–Crippen LogP) is 3.58. The van der Waals surface area contributed by atoms with E-state index in [0.29, 0.717) is 6.42 Å². The Kier molecular flexibility index (Phi) is 3.60. The van der Waals surface area contributed by atoms with Crippen molar-refractivity contribution in [2.45, 2.75) is 26.4 Å². The molecule has 2 aromatic carbocycles.